The zero-order chi connectivity index (χ0) is 15.4. The highest BCUT2D eigenvalue weighted by Crippen LogP contribution is 2.26. The average molecular weight is 302 g/mol. The lowest BCUT2D eigenvalue weighted by Crippen LogP contribution is -2.47. The van der Waals surface area contributed by atoms with E-state index in [1.807, 2.05) is 6.07 Å². The highest BCUT2D eigenvalue weighted by Gasteiger charge is 2.36. The van der Waals surface area contributed by atoms with E-state index >= 15 is 0 Å². The number of hydrogen-bond donors (Lipinski definition) is 1. The van der Waals surface area contributed by atoms with Crippen LogP contribution < -0.4 is 5.32 Å². The first-order valence-corrected chi connectivity index (χ1v) is 8.01. The fraction of sp³-hybridized carbons (Fsp3) is 0.529. The van der Waals surface area contributed by atoms with Gasteiger partial charge in [0, 0.05) is 12.5 Å². The van der Waals surface area contributed by atoms with E-state index in [2.05, 4.69) is 17.5 Å². The molecule has 118 valence electrons. The number of rotatable bonds is 4. The maximum Gasteiger partial charge on any atom is 0.243 e. The first kappa shape index (κ1) is 14.9. The largest absolute Gasteiger partial charge is 0.467 e. The van der Waals surface area contributed by atoms with Gasteiger partial charge in [0.25, 0.3) is 0 Å². The van der Waals surface area contributed by atoms with E-state index in [1.165, 1.54) is 0 Å². The third-order valence-electron chi connectivity index (χ3n) is 4.47. The average Bonchev–Trinajstić information content (AvgIpc) is 3.24. The van der Waals surface area contributed by atoms with Gasteiger partial charge in [-0.25, -0.2) is 0 Å². The molecule has 2 amide bonds. The van der Waals surface area contributed by atoms with Gasteiger partial charge in [0.15, 0.2) is 0 Å². The molecule has 1 N–H and O–H groups in total. The molecule has 2 heterocycles. The second kappa shape index (κ2) is 6.81. The Labute approximate surface area is 130 Å². The van der Waals surface area contributed by atoms with Crippen molar-refractivity contribution in [2.75, 3.05) is 6.54 Å². The van der Waals surface area contributed by atoms with Crippen LogP contribution in [0.5, 0.6) is 0 Å². The minimum atomic E-state index is -0.326. The van der Waals surface area contributed by atoms with Gasteiger partial charge in [0.2, 0.25) is 11.8 Å². The van der Waals surface area contributed by atoms with Gasteiger partial charge in [0.1, 0.15) is 11.8 Å². The molecule has 0 unspecified atom stereocenters. The third kappa shape index (κ3) is 3.24. The van der Waals surface area contributed by atoms with Gasteiger partial charge in [0.05, 0.1) is 12.8 Å². The Morgan fingerprint density at radius 1 is 1.32 bits per heavy atom. The first-order valence-electron chi connectivity index (χ1n) is 8.01. The third-order valence-corrected chi connectivity index (χ3v) is 4.47. The van der Waals surface area contributed by atoms with Crippen LogP contribution in [0.25, 0.3) is 0 Å². The van der Waals surface area contributed by atoms with E-state index in [4.69, 9.17) is 4.42 Å². The summed E-state index contributed by atoms with van der Waals surface area (Å²) in [6.45, 7) is 1.06. The lowest BCUT2D eigenvalue weighted by atomic mass is 9.93. The maximum absolute atomic E-state index is 12.6. The minimum Gasteiger partial charge on any atom is -0.467 e. The molecule has 1 aromatic heterocycles. The van der Waals surface area contributed by atoms with Gasteiger partial charge in [-0.15, -0.1) is 0 Å². The molecule has 3 rings (SSSR count). The molecular formula is C17H22N2O3. The number of carbonyl (C=O) groups excluding carboxylic acids is 2. The van der Waals surface area contributed by atoms with Crippen LogP contribution in [0.3, 0.4) is 0 Å². The van der Waals surface area contributed by atoms with Gasteiger partial charge in [-0.1, -0.05) is 12.2 Å². The van der Waals surface area contributed by atoms with Crippen molar-refractivity contribution < 1.29 is 14.0 Å². The van der Waals surface area contributed by atoms with E-state index in [0.717, 1.165) is 37.9 Å². The summed E-state index contributed by atoms with van der Waals surface area (Å²) in [5, 5.41) is 2.87. The number of amides is 2. The molecule has 2 atom stereocenters. The molecule has 1 fully saturated rings. The molecule has 2 aliphatic rings. The van der Waals surface area contributed by atoms with Gasteiger partial charge < -0.3 is 14.6 Å². The fourth-order valence-electron chi connectivity index (χ4n) is 3.26. The maximum atomic E-state index is 12.6. The normalized spacial score (nSPS) is 24.5. The van der Waals surface area contributed by atoms with Crippen molar-refractivity contribution in [3.8, 4) is 0 Å². The van der Waals surface area contributed by atoms with Crippen molar-refractivity contribution in [1.82, 2.24) is 10.2 Å². The van der Waals surface area contributed by atoms with Crippen LogP contribution in [-0.4, -0.2) is 29.3 Å². The Kier molecular flexibility index (Phi) is 4.61. The number of carbonyl (C=O) groups is 2. The standard InChI is InChI=1S/C17H22N2O3/c20-16(18-12-14-8-5-11-22-14)15-9-4-10-19(15)17(21)13-6-2-1-3-7-13/h1-2,5,8,11,13,15H,3-4,6-7,9-10,12H2,(H,18,20)/t13-,15+/m0/s1. The summed E-state index contributed by atoms with van der Waals surface area (Å²) >= 11 is 0. The molecule has 0 aromatic carbocycles. The Balaban J connectivity index is 1.58. The zero-order valence-electron chi connectivity index (χ0n) is 12.7. The lowest BCUT2D eigenvalue weighted by Gasteiger charge is -2.28. The molecule has 1 saturated heterocycles. The van der Waals surface area contributed by atoms with Crippen LogP contribution in [0.4, 0.5) is 0 Å². The van der Waals surface area contributed by atoms with E-state index in [-0.39, 0.29) is 23.8 Å². The van der Waals surface area contributed by atoms with E-state index < -0.39 is 0 Å². The first-order chi connectivity index (χ1) is 10.8. The molecule has 0 saturated carbocycles. The predicted octanol–water partition coefficient (Wildman–Crippen LogP) is 2.24. The molecule has 5 heteroatoms. The molecular weight excluding hydrogens is 280 g/mol. The molecule has 0 bridgehead atoms. The number of nitrogens with one attached hydrogen (secondary N) is 1. The topological polar surface area (TPSA) is 62.6 Å². The van der Waals surface area contributed by atoms with Crippen molar-refractivity contribution >= 4 is 11.8 Å². The summed E-state index contributed by atoms with van der Waals surface area (Å²) in [6.07, 6.45) is 10.1. The molecule has 0 spiro atoms. The highest BCUT2D eigenvalue weighted by atomic mass is 16.3. The van der Waals surface area contributed by atoms with E-state index in [9.17, 15) is 9.59 Å². The second-order valence-electron chi connectivity index (χ2n) is 5.97. The Bertz CT molecular complexity index is 550. The van der Waals surface area contributed by atoms with Gasteiger partial charge >= 0.3 is 0 Å². The van der Waals surface area contributed by atoms with Crippen LogP contribution >= 0.6 is 0 Å². The number of nitrogens with zero attached hydrogens (tertiary/aromatic N) is 1. The Hall–Kier alpha value is -2.04. The second-order valence-corrected chi connectivity index (χ2v) is 5.97. The summed E-state index contributed by atoms with van der Waals surface area (Å²) < 4.78 is 5.21. The van der Waals surface area contributed by atoms with Gasteiger partial charge in [-0.2, -0.15) is 0 Å². The Morgan fingerprint density at radius 2 is 2.23 bits per heavy atom. The molecule has 5 nitrogen and oxygen atoms in total. The summed E-state index contributed by atoms with van der Waals surface area (Å²) in [5.74, 6) is 0.832. The minimum absolute atomic E-state index is 0.0449. The van der Waals surface area contributed by atoms with Crippen LogP contribution in [0.2, 0.25) is 0 Å². The number of allylic oxidation sites excluding steroid dienone is 2. The number of hydrogen-bond acceptors (Lipinski definition) is 3. The summed E-state index contributed by atoms with van der Waals surface area (Å²) in [6, 6.07) is 3.30. The molecule has 22 heavy (non-hydrogen) atoms. The van der Waals surface area contributed by atoms with Crippen molar-refractivity contribution in [3.63, 3.8) is 0 Å². The van der Waals surface area contributed by atoms with Gasteiger partial charge in [-0.05, 0) is 44.2 Å². The van der Waals surface area contributed by atoms with Crippen LogP contribution in [0.1, 0.15) is 37.9 Å². The molecule has 1 aliphatic heterocycles. The quantitative estimate of drug-likeness (QED) is 0.868. The van der Waals surface area contributed by atoms with Crippen molar-refractivity contribution in [2.45, 2.75) is 44.7 Å². The Morgan fingerprint density at radius 3 is 2.95 bits per heavy atom. The smallest absolute Gasteiger partial charge is 0.243 e. The fourth-order valence-corrected chi connectivity index (χ4v) is 3.26. The zero-order valence-corrected chi connectivity index (χ0v) is 12.7. The monoisotopic (exact) mass is 302 g/mol. The summed E-state index contributed by atoms with van der Waals surface area (Å²) in [5.41, 5.74) is 0. The summed E-state index contributed by atoms with van der Waals surface area (Å²) in [7, 11) is 0. The van der Waals surface area contributed by atoms with Crippen LogP contribution in [-0.2, 0) is 16.1 Å². The summed E-state index contributed by atoms with van der Waals surface area (Å²) in [4.78, 5) is 26.8. The van der Waals surface area contributed by atoms with Crippen LogP contribution in [0, 0.1) is 5.92 Å². The number of furan rings is 1. The molecule has 1 aromatic rings. The van der Waals surface area contributed by atoms with Gasteiger partial charge in [-0.3, -0.25) is 9.59 Å². The van der Waals surface area contributed by atoms with E-state index in [1.54, 1.807) is 17.2 Å². The highest BCUT2D eigenvalue weighted by molar-refractivity contribution is 5.89. The van der Waals surface area contributed by atoms with Crippen molar-refractivity contribution in [2.24, 2.45) is 5.92 Å². The van der Waals surface area contributed by atoms with Crippen molar-refractivity contribution in [3.05, 3.63) is 36.3 Å². The molecule has 0 radical (unpaired) electrons. The lowest BCUT2D eigenvalue weighted by molar-refractivity contribution is -0.141. The SMILES string of the molecule is O=C(NCc1ccco1)[C@H]1CCCN1C(=O)[C@H]1CC=CCC1. The predicted molar refractivity (Wildman–Crippen MR) is 81.8 cm³/mol. The molecule has 1 aliphatic carbocycles. The van der Waals surface area contributed by atoms with Crippen LogP contribution in [0.15, 0.2) is 35.0 Å². The van der Waals surface area contributed by atoms with E-state index in [0.29, 0.717) is 13.1 Å². The number of likely N-dealkylation sites (tertiary alicyclic amines) is 1. The van der Waals surface area contributed by atoms with Crippen molar-refractivity contribution in [1.29, 1.82) is 0 Å².